The number of benzene rings is 1. The summed E-state index contributed by atoms with van der Waals surface area (Å²) in [5, 5.41) is 12.4. The molecule has 1 saturated carbocycles. The smallest absolute Gasteiger partial charge is 0.404 e. The molecule has 35 heavy (non-hydrogen) atoms. The van der Waals surface area contributed by atoms with E-state index in [-0.39, 0.29) is 30.1 Å². The highest BCUT2D eigenvalue weighted by molar-refractivity contribution is 6.30. The summed E-state index contributed by atoms with van der Waals surface area (Å²) in [4.78, 5) is 25.5. The number of amides is 3. The number of hydrazine groups is 1. The average Bonchev–Trinajstić information content (AvgIpc) is 2.86. The Balaban J connectivity index is 1.60. The second-order valence-corrected chi connectivity index (χ2v) is 10.0. The minimum absolute atomic E-state index is 0.00500. The number of piperidine rings is 1. The molecule has 0 aromatic heterocycles. The first-order chi connectivity index (χ1) is 16.9. The van der Waals surface area contributed by atoms with Crippen LogP contribution >= 0.6 is 11.6 Å². The Morgan fingerprint density at radius 1 is 1.26 bits per heavy atom. The molecule has 1 heterocycles. The van der Waals surface area contributed by atoms with Gasteiger partial charge in [0, 0.05) is 37.7 Å². The number of nitrogens with zero attached hydrogens (tertiary/aromatic N) is 2. The summed E-state index contributed by atoms with van der Waals surface area (Å²) in [6, 6.07) is 4.53. The van der Waals surface area contributed by atoms with Crippen molar-refractivity contribution in [3.8, 4) is 0 Å². The van der Waals surface area contributed by atoms with Crippen LogP contribution in [0.3, 0.4) is 0 Å². The van der Waals surface area contributed by atoms with Gasteiger partial charge in [-0.15, -0.1) is 0 Å². The van der Waals surface area contributed by atoms with Gasteiger partial charge in [0.1, 0.15) is 5.82 Å². The van der Waals surface area contributed by atoms with E-state index in [0.29, 0.717) is 25.2 Å². The number of halogens is 2. The fourth-order valence-electron chi connectivity index (χ4n) is 5.30. The van der Waals surface area contributed by atoms with Gasteiger partial charge in [-0.1, -0.05) is 55.8 Å². The Morgan fingerprint density at radius 2 is 2.03 bits per heavy atom. The van der Waals surface area contributed by atoms with Crippen molar-refractivity contribution >= 4 is 23.7 Å². The van der Waals surface area contributed by atoms with Gasteiger partial charge >= 0.3 is 12.1 Å². The number of carbonyl (C=O) groups excluding carboxylic acids is 1. The highest BCUT2D eigenvalue weighted by atomic mass is 35.5. The molecule has 1 aliphatic carbocycles. The minimum atomic E-state index is -1.15. The molecular weight excluding hydrogens is 475 g/mol. The Morgan fingerprint density at radius 3 is 2.77 bits per heavy atom. The Hall–Kier alpha value is -2.10. The van der Waals surface area contributed by atoms with E-state index in [4.69, 9.17) is 27.3 Å². The molecule has 8 nitrogen and oxygen atoms in total. The first kappa shape index (κ1) is 27.5. The van der Waals surface area contributed by atoms with E-state index in [1.54, 1.807) is 17.0 Å². The van der Waals surface area contributed by atoms with Gasteiger partial charge in [-0.25, -0.2) is 19.8 Å². The summed E-state index contributed by atoms with van der Waals surface area (Å²) in [7, 11) is 0. The molecule has 0 radical (unpaired) electrons. The highest BCUT2D eigenvalue weighted by Crippen LogP contribution is 2.36. The van der Waals surface area contributed by atoms with Crippen molar-refractivity contribution in [3.05, 3.63) is 34.6 Å². The van der Waals surface area contributed by atoms with Gasteiger partial charge in [0.15, 0.2) is 0 Å². The quantitative estimate of drug-likeness (QED) is 0.173. The van der Waals surface area contributed by atoms with Gasteiger partial charge in [-0.2, -0.15) is 0 Å². The summed E-state index contributed by atoms with van der Waals surface area (Å²) >= 11 is 6.02. The van der Waals surface area contributed by atoms with Gasteiger partial charge in [0.25, 0.3) is 0 Å². The number of likely N-dealkylation sites (tertiary alicyclic amines) is 1. The molecule has 1 aliphatic heterocycles. The monoisotopic (exact) mass is 512 g/mol. The fourth-order valence-corrected chi connectivity index (χ4v) is 5.48. The summed E-state index contributed by atoms with van der Waals surface area (Å²) < 4.78 is 20.9. The van der Waals surface area contributed by atoms with E-state index >= 15 is 0 Å². The van der Waals surface area contributed by atoms with Crippen LogP contribution in [0, 0.1) is 17.7 Å². The normalized spacial score (nSPS) is 19.9. The average molecular weight is 513 g/mol. The summed E-state index contributed by atoms with van der Waals surface area (Å²) in [5.74, 6) is 6.14. The van der Waals surface area contributed by atoms with E-state index in [9.17, 15) is 14.0 Å². The number of nitrogens with one attached hydrogen (secondary N) is 1. The molecule has 3 amide bonds. The number of urea groups is 1. The molecular formula is C25H38ClFN4O4. The van der Waals surface area contributed by atoms with Crippen molar-refractivity contribution in [1.82, 2.24) is 15.2 Å². The molecule has 0 bridgehead atoms. The number of nitrogens with two attached hydrogens (primary N) is 1. The van der Waals surface area contributed by atoms with E-state index < -0.39 is 18.0 Å². The van der Waals surface area contributed by atoms with Gasteiger partial charge < -0.3 is 20.1 Å². The third kappa shape index (κ3) is 8.22. The number of hydrogen-bond acceptors (Lipinski definition) is 4. The Kier molecular flexibility index (Phi) is 10.9. The predicted molar refractivity (Wildman–Crippen MR) is 133 cm³/mol. The third-order valence-electron chi connectivity index (χ3n) is 7.10. The Bertz CT molecular complexity index is 840. The van der Waals surface area contributed by atoms with Crippen LogP contribution in [-0.4, -0.2) is 59.9 Å². The van der Waals surface area contributed by atoms with E-state index in [2.05, 4.69) is 5.32 Å². The lowest BCUT2D eigenvalue weighted by Crippen LogP contribution is -2.51. The number of carbonyl (C=O) groups is 2. The molecule has 2 fully saturated rings. The van der Waals surface area contributed by atoms with Crippen molar-refractivity contribution in [2.24, 2.45) is 17.7 Å². The van der Waals surface area contributed by atoms with Crippen LogP contribution in [-0.2, 0) is 4.74 Å². The highest BCUT2D eigenvalue weighted by Gasteiger charge is 2.34. The maximum atomic E-state index is 14.9. The second kappa shape index (κ2) is 13.8. The first-order valence-electron chi connectivity index (χ1n) is 12.7. The van der Waals surface area contributed by atoms with Gasteiger partial charge in [-0.05, 0) is 37.7 Å². The molecule has 3 rings (SSSR count). The predicted octanol–water partition coefficient (Wildman–Crippen LogP) is 5.17. The summed E-state index contributed by atoms with van der Waals surface area (Å²) in [6.45, 7) is 1.60. The molecule has 0 spiro atoms. The van der Waals surface area contributed by atoms with Crippen LogP contribution in [0.5, 0.6) is 0 Å². The van der Waals surface area contributed by atoms with Gasteiger partial charge in [0.05, 0.1) is 17.7 Å². The van der Waals surface area contributed by atoms with E-state index in [0.717, 1.165) is 31.6 Å². The van der Waals surface area contributed by atoms with Crippen molar-refractivity contribution in [1.29, 1.82) is 0 Å². The largest absolute Gasteiger partial charge is 0.465 e. The Labute approximate surface area is 211 Å². The van der Waals surface area contributed by atoms with Crippen molar-refractivity contribution in [2.75, 3.05) is 32.8 Å². The molecule has 2 aliphatic rings. The van der Waals surface area contributed by atoms with Gasteiger partial charge in [0.2, 0.25) is 0 Å². The topological polar surface area (TPSA) is 108 Å². The van der Waals surface area contributed by atoms with Crippen LogP contribution < -0.4 is 11.2 Å². The summed E-state index contributed by atoms with van der Waals surface area (Å²) in [5.41, 5.74) is 0.309. The van der Waals surface area contributed by atoms with Gasteiger partial charge in [-0.3, -0.25) is 5.01 Å². The SMILES string of the molecule is NN(CCCC1CCCCC1)C(=O)N1CCCC([C@@H](OCCNC(=O)O)c2cccc(Cl)c2F)C1. The van der Waals surface area contributed by atoms with Crippen molar-refractivity contribution < 1.29 is 23.8 Å². The molecule has 1 aromatic rings. The van der Waals surface area contributed by atoms with E-state index in [1.807, 2.05) is 0 Å². The molecule has 196 valence electrons. The lowest BCUT2D eigenvalue weighted by molar-refractivity contribution is -0.0124. The maximum absolute atomic E-state index is 14.9. The lowest BCUT2D eigenvalue weighted by atomic mass is 9.86. The van der Waals surface area contributed by atoms with Crippen LogP contribution in [0.4, 0.5) is 14.0 Å². The van der Waals surface area contributed by atoms with Crippen LogP contribution in [0.2, 0.25) is 5.02 Å². The second-order valence-electron chi connectivity index (χ2n) is 9.64. The number of hydrogen-bond donors (Lipinski definition) is 3. The molecule has 1 unspecified atom stereocenters. The zero-order chi connectivity index (χ0) is 25.2. The zero-order valence-corrected chi connectivity index (χ0v) is 21.0. The first-order valence-corrected chi connectivity index (χ1v) is 13.1. The van der Waals surface area contributed by atoms with Crippen molar-refractivity contribution in [3.63, 3.8) is 0 Å². The minimum Gasteiger partial charge on any atom is -0.465 e. The fraction of sp³-hybridized carbons (Fsp3) is 0.680. The molecule has 1 saturated heterocycles. The molecule has 2 atom stereocenters. The number of ether oxygens (including phenoxy) is 1. The number of carboxylic acid groups (broad SMARTS) is 1. The van der Waals surface area contributed by atoms with Crippen LogP contribution in [0.1, 0.15) is 69.5 Å². The molecule has 10 heteroatoms. The standard InChI is InChI=1S/C25H38ClFN4O4/c26-21-12-4-11-20(22(21)27)23(35-16-13-29-24(32)33)19-10-6-14-30(17-19)25(34)31(28)15-5-9-18-7-2-1-3-8-18/h4,11-12,18-19,23,29H,1-3,5-10,13-17,28H2,(H,32,33)/t19?,23-/m1/s1. The zero-order valence-electron chi connectivity index (χ0n) is 20.3. The van der Waals surface area contributed by atoms with E-state index in [1.165, 1.54) is 43.2 Å². The molecule has 4 N–H and O–H groups in total. The van der Waals surface area contributed by atoms with Crippen molar-refractivity contribution in [2.45, 2.75) is 63.9 Å². The lowest BCUT2D eigenvalue weighted by Gasteiger charge is -2.38. The number of rotatable bonds is 10. The molecule has 1 aromatic carbocycles. The summed E-state index contributed by atoms with van der Waals surface area (Å²) in [6.07, 6.45) is 8.11. The maximum Gasteiger partial charge on any atom is 0.404 e. The third-order valence-corrected chi connectivity index (χ3v) is 7.39. The van der Waals surface area contributed by atoms with Crippen LogP contribution in [0.25, 0.3) is 0 Å². The van der Waals surface area contributed by atoms with Crippen LogP contribution in [0.15, 0.2) is 18.2 Å².